The van der Waals surface area contributed by atoms with Crippen molar-refractivity contribution in [1.82, 2.24) is 4.98 Å². The molecule has 0 bridgehead atoms. The van der Waals surface area contributed by atoms with Gasteiger partial charge in [0.2, 0.25) is 0 Å². The maximum atomic E-state index is 12.9. The van der Waals surface area contributed by atoms with Crippen molar-refractivity contribution in [3.8, 4) is 0 Å². The molecule has 0 N–H and O–H groups in total. The zero-order chi connectivity index (χ0) is 19.7. The summed E-state index contributed by atoms with van der Waals surface area (Å²) in [4.78, 5) is 18.5. The van der Waals surface area contributed by atoms with Gasteiger partial charge in [0.15, 0.2) is 16.1 Å². The molecule has 0 radical (unpaired) electrons. The van der Waals surface area contributed by atoms with Crippen LogP contribution in [0.15, 0.2) is 59.5 Å². The van der Waals surface area contributed by atoms with E-state index in [1.807, 2.05) is 35.2 Å². The summed E-state index contributed by atoms with van der Waals surface area (Å²) >= 11 is 5.87. The zero-order valence-electron chi connectivity index (χ0n) is 15.1. The lowest BCUT2D eigenvalue weighted by Gasteiger charge is -2.33. The van der Waals surface area contributed by atoms with Gasteiger partial charge in [-0.1, -0.05) is 29.8 Å². The van der Waals surface area contributed by atoms with E-state index < -0.39 is 15.1 Å². The molecule has 0 amide bonds. The van der Waals surface area contributed by atoms with E-state index in [9.17, 15) is 13.2 Å². The molecule has 0 aliphatic carbocycles. The van der Waals surface area contributed by atoms with E-state index in [2.05, 4.69) is 4.98 Å². The van der Waals surface area contributed by atoms with Crippen molar-refractivity contribution in [1.29, 1.82) is 0 Å². The normalized spacial score (nSPS) is 15.7. The average Bonchev–Trinajstić information content (AvgIpc) is 2.73. The second-order valence-electron chi connectivity index (χ2n) is 6.90. The predicted molar refractivity (Wildman–Crippen MR) is 111 cm³/mol. The van der Waals surface area contributed by atoms with Crippen LogP contribution in [0.1, 0.15) is 23.2 Å². The van der Waals surface area contributed by atoms with E-state index in [1.54, 1.807) is 24.3 Å². The van der Waals surface area contributed by atoms with Crippen LogP contribution in [0.4, 0.5) is 5.82 Å². The van der Waals surface area contributed by atoms with Gasteiger partial charge >= 0.3 is 0 Å². The molecule has 0 unspecified atom stereocenters. The quantitative estimate of drug-likeness (QED) is 0.600. The number of hydrogen-bond donors (Lipinski definition) is 0. The van der Waals surface area contributed by atoms with E-state index in [0.29, 0.717) is 47.2 Å². The molecule has 0 spiro atoms. The average molecular weight is 415 g/mol. The topological polar surface area (TPSA) is 67.3 Å². The molecule has 144 valence electrons. The molecule has 1 saturated heterocycles. The van der Waals surface area contributed by atoms with Crippen molar-refractivity contribution in [3.05, 3.63) is 65.2 Å². The number of carbonyl (C=O) groups excluding carboxylic acids is 1. The van der Waals surface area contributed by atoms with Crippen LogP contribution < -0.4 is 4.90 Å². The summed E-state index contributed by atoms with van der Waals surface area (Å²) in [7, 11) is -3.41. The van der Waals surface area contributed by atoms with Crippen molar-refractivity contribution in [3.63, 3.8) is 0 Å². The Bertz CT molecular complexity index is 1120. The van der Waals surface area contributed by atoms with E-state index in [-0.39, 0.29) is 0 Å². The highest BCUT2D eigenvalue weighted by Gasteiger charge is 2.32. The van der Waals surface area contributed by atoms with Crippen molar-refractivity contribution < 1.29 is 13.2 Å². The second kappa shape index (κ2) is 7.53. The number of rotatable bonds is 4. The molecule has 5 nitrogen and oxygen atoms in total. The van der Waals surface area contributed by atoms with Crippen molar-refractivity contribution in [2.75, 3.05) is 18.0 Å². The minimum Gasteiger partial charge on any atom is -0.356 e. The lowest BCUT2D eigenvalue weighted by Crippen LogP contribution is -2.40. The van der Waals surface area contributed by atoms with Crippen molar-refractivity contribution in [2.24, 2.45) is 0 Å². The molecule has 7 heteroatoms. The van der Waals surface area contributed by atoms with Crippen molar-refractivity contribution in [2.45, 2.75) is 23.0 Å². The molecule has 1 aliphatic heterocycles. The SMILES string of the molecule is O=Cc1cc2ccccc2nc1N1CCC(S(=O)(=O)c2ccc(Cl)cc2)CC1. The smallest absolute Gasteiger partial charge is 0.181 e. The molecule has 2 heterocycles. The fourth-order valence-corrected chi connectivity index (χ4v) is 5.51. The standard InChI is InChI=1S/C21H19ClN2O3S/c22-17-5-7-18(8-6-17)28(26,27)19-9-11-24(12-10-19)21-16(14-25)13-15-3-1-2-4-20(15)23-21/h1-8,13-14,19H,9-12H2. The molecule has 3 aromatic rings. The van der Waals surface area contributed by atoms with Crippen LogP contribution in [-0.2, 0) is 9.84 Å². The Morgan fingerprint density at radius 1 is 1.04 bits per heavy atom. The number of fused-ring (bicyclic) bond motifs is 1. The molecule has 0 saturated carbocycles. The van der Waals surface area contributed by atoms with Gasteiger partial charge in [-0.25, -0.2) is 13.4 Å². The summed E-state index contributed by atoms with van der Waals surface area (Å²) in [6.07, 6.45) is 1.78. The third-order valence-corrected chi connectivity index (χ3v) is 7.71. The van der Waals surface area contributed by atoms with Crippen LogP contribution in [0, 0.1) is 0 Å². The van der Waals surface area contributed by atoms with E-state index >= 15 is 0 Å². The van der Waals surface area contributed by atoms with E-state index in [1.165, 1.54) is 0 Å². The molecule has 28 heavy (non-hydrogen) atoms. The summed E-state index contributed by atoms with van der Waals surface area (Å²) < 4.78 is 25.8. The number of nitrogens with zero attached hydrogens (tertiary/aromatic N) is 2. The molecule has 1 aromatic heterocycles. The number of hydrogen-bond acceptors (Lipinski definition) is 5. The van der Waals surface area contributed by atoms with Gasteiger partial charge in [0, 0.05) is 23.5 Å². The Kier molecular flexibility index (Phi) is 5.08. The summed E-state index contributed by atoms with van der Waals surface area (Å²) in [6.45, 7) is 1.06. The molecule has 1 aliphatic rings. The number of sulfone groups is 1. The van der Waals surface area contributed by atoms with Crippen LogP contribution in [0.25, 0.3) is 10.9 Å². The van der Waals surface area contributed by atoms with Gasteiger partial charge < -0.3 is 4.90 Å². The number of piperidine rings is 1. The number of anilines is 1. The molecular formula is C21H19ClN2O3S. The highest BCUT2D eigenvalue weighted by atomic mass is 35.5. The Labute approximate surface area is 168 Å². The summed E-state index contributed by atoms with van der Waals surface area (Å²) in [6, 6.07) is 15.8. The van der Waals surface area contributed by atoms with Gasteiger partial charge in [-0.15, -0.1) is 0 Å². The van der Waals surface area contributed by atoms with Gasteiger partial charge in [0.05, 0.1) is 21.2 Å². The first kappa shape index (κ1) is 18.9. The molecule has 0 atom stereocenters. The number of benzene rings is 2. The largest absolute Gasteiger partial charge is 0.356 e. The predicted octanol–water partition coefficient (Wildman–Crippen LogP) is 4.14. The number of carbonyl (C=O) groups is 1. The monoisotopic (exact) mass is 414 g/mol. The Morgan fingerprint density at radius 2 is 1.71 bits per heavy atom. The lowest BCUT2D eigenvalue weighted by atomic mass is 10.1. The fraction of sp³-hybridized carbons (Fsp3) is 0.238. The van der Waals surface area contributed by atoms with E-state index in [4.69, 9.17) is 11.6 Å². The van der Waals surface area contributed by atoms with Gasteiger partial charge in [-0.2, -0.15) is 0 Å². The minimum atomic E-state index is -3.41. The summed E-state index contributed by atoms with van der Waals surface area (Å²) in [5.74, 6) is 0.621. The lowest BCUT2D eigenvalue weighted by molar-refractivity contribution is 0.112. The number of para-hydroxylation sites is 1. The van der Waals surface area contributed by atoms with Gasteiger partial charge in [0.1, 0.15) is 5.82 Å². The highest BCUT2D eigenvalue weighted by molar-refractivity contribution is 7.92. The first-order valence-corrected chi connectivity index (χ1v) is 11.0. The highest BCUT2D eigenvalue weighted by Crippen LogP contribution is 2.29. The number of aldehydes is 1. The molecule has 1 fully saturated rings. The maximum absolute atomic E-state index is 12.9. The zero-order valence-corrected chi connectivity index (χ0v) is 16.7. The second-order valence-corrected chi connectivity index (χ2v) is 9.56. The molecular weight excluding hydrogens is 396 g/mol. The molecule has 4 rings (SSSR count). The summed E-state index contributed by atoms with van der Waals surface area (Å²) in [5.41, 5.74) is 1.34. The van der Waals surface area contributed by atoms with E-state index in [0.717, 1.165) is 17.2 Å². The van der Waals surface area contributed by atoms with Gasteiger partial charge in [-0.3, -0.25) is 4.79 Å². The fourth-order valence-electron chi connectivity index (χ4n) is 3.66. The Balaban J connectivity index is 1.56. The Hall–Kier alpha value is -2.44. The van der Waals surface area contributed by atoms with Crippen LogP contribution in [0.3, 0.4) is 0 Å². The van der Waals surface area contributed by atoms with Crippen LogP contribution in [-0.4, -0.2) is 38.0 Å². The third-order valence-electron chi connectivity index (χ3n) is 5.18. The number of halogens is 1. The van der Waals surface area contributed by atoms with Gasteiger partial charge in [0.25, 0.3) is 0 Å². The van der Waals surface area contributed by atoms with Crippen LogP contribution in [0.5, 0.6) is 0 Å². The third kappa shape index (κ3) is 3.50. The maximum Gasteiger partial charge on any atom is 0.181 e. The molecule has 2 aromatic carbocycles. The first-order valence-electron chi connectivity index (χ1n) is 9.08. The number of aromatic nitrogens is 1. The van der Waals surface area contributed by atoms with Crippen LogP contribution >= 0.6 is 11.6 Å². The van der Waals surface area contributed by atoms with Gasteiger partial charge in [-0.05, 0) is 49.2 Å². The first-order chi connectivity index (χ1) is 13.5. The van der Waals surface area contributed by atoms with Crippen molar-refractivity contribution >= 4 is 44.4 Å². The summed E-state index contributed by atoms with van der Waals surface area (Å²) in [5, 5.41) is 0.969. The van der Waals surface area contributed by atoms with Crippen LogP contribution in [0.2, 0.25) is 5.02 Å². The number of pyridine rings is 1. The Morgan fingerprint density at radius 3 is 2.39 bits per heavy atom. The minimum absolute atomic E-state index is 0.299.